The van der Waals surface area contributed by atoms with Crippen molar-refractivity contribution < 1.29 is 14.7 Å². The van der Waals surface area contributed by atoms with E-state index in [0.29, 0.717) is 13.0 Å². The summed E-state index contributed by atoms with van der Waals surface area (Å²) in [5, 5.41) is 9.24. The van der Waals surface area contributed by atoms with Gasteiger partial charge in [-0.05, 0) is 50.7 Å². The fourth-order valence-electron chi connectivity index (χ4n) is 3.34. The molecule has 1 aliphatic carbocycles. The summed E-state index contributed by atoms with van der Waals surface area (Å²) in [6.45, 7) is 2.53. The Balaban J connectivity index is 1.80. The first-order valence-corrected chi connectivity index (χ1v) is 8.05. The standard InChI is InChI=1S/C15H19NO3S/c1-9-11(15(18)19)5-3-7-16(9)14(17)13-8-10-4-2-6-12(10)20-13/h8-9,11H,2-7H2,1H3,(H,18,19)/t9-,11-/m1/s1. The lowest BCUT2D eigenvalue weighted by Gasteiger charge is -2.37. The zero-order valence-electron chi connectivity index (χ0n) is 11.6. The number of aliphatic carboxylic acids is 1. The third-order valence-corrected chi connectivity index (χ3v) is 5.75. The molecule has 1 amide bonds. The molecule has 2 atom stereocenters. The van der Waals surface area contributed by atoms with Crippen LogP contribution in [0, 0.1) is 5.92 Å². The molecule has 1 aliphatic heterocycles. The van der Waals surface area contributed by atoms with E-state index in [0.717, 1.165) is 24.1 Å². The molecule has 1 saturated heterocycles. The summed E-state index contributed by atoms with van der Waals surface area (Å²) in [7, 11) is 0. The van der Waals surface area contributed by atoms with Crippen molar-refractivity contribution in [1.29, 1.82) is 0 Å². The highest BCUT2D eigenvalue weighted by Gasteiger charge is 2.36. The van der Waals surface area contributed by atoms with Gasteiger partial charge in [0.15, 0.2) is 0 Å². The summed E-state index contributed by atoms with van der Waals surface area (Å²) >= 11 is 1.60. The van der Waals surface area contributed by atoms with Crippen molar-refractivity contribution in [3.05, 3.63) is 21.4 Å². The first-order chi connectivity index (χ1) is 9.58. The number of carboxylic acid groups (broad SMARTS) is 1. The molecule has 4 nitrogen and oxygen atoms in total. The number of carbonyl (C=O) groups is 2. The Morgan fingerprint density at radius 3 is 2.85 bits per heavy atom. The van der Waals surface area contributed by atoms with Crippen LogP contribution in [0.4, 0.5) is 0 Å². The molecule has 1 fully saturated rings. The highest BCUT2D eigenvalue weighted by atomic mass is 32.1. The van der Waals surface area contributed by atoms with E-state index < -0.39 is 11.9 Å². The van der Waals surface area contributed by atoms with Gasteiger partial charge in [-0.15, -0.1) is 11.3 Å². The van der Waals surface area contributed by atoms with Gasteiger partial charge >= 0.3 is 5.97 Å². The normalized spacial score (nSPS) is 25.6. The molecule has 3 rings (SSSR count). The molecule has 108 valence electrons. The number of aryl methyl sites for hydroxylation is 2. The predicted octanol–water partition coefficient (Wildman–Crippen LogP) is 2.56. The van der Waals surface area contributed by atoms with Crippen LogP contribution >= 0.6 is 11.3 Å². The Morgan fingerprint density at radius 2 is 2.15 bits per heavy atom. The molecular weight excluding hydrogens is 274 g/mol. The molecule has 2 heterocycles. The van der Waals surface area contributed by atoms with Crippen LogP contribution in [-0.2, 0) is 17.6 Å². The molecular formula is C15H19NO3S. The van der Waals surface area contributed by atoms with Crippen molar-refractivity contribution in [2.24, 2.45) is 5.92 Å². The first-order valence-electron chi connectivity index (χ1n) is 7.23. The van der Waals surface area contributed by atoms with Crippen molar-refractivity contribution in [3.8, 4) is 0 Å². The van der Waals surface area contributed by atoms with Gasteiger partial charge in [-0.3, -0.25) is 9.59 Å². The Labute approximate surface area is 122 Å². The number of hydrogen-bond acceptors (Lipinski definition) is 3. The summed E-state index contributed by atoms with van der Waals surface area (Å²) in [5.41, 5.74) is 1.32. The zero-order valence-corrected chi connectivity index (χ0v) is 12.4. The zero-order chi connectivity index (χ0) is 14.3. The highest BCUT2D eigenvalue weighted by molar-refractivity contribution is 7.14. The molecule has 5 heteroatoms. The lowest BCUT2D eigenvalue weighted by Crippen LogP contribution is -2.48. The van der Waals surface area contributed by atoms with Gasteiger partial charge < -0.3 is 10.0 Å². The van der Waals surface area contributed by atoms with Crippen LogP contribution in [0.2, 0.25) is 0 Å². The van der Waals surface area contributed by atoms with E-state index in [1.54, 1.807) is 16.2 Å². The second-order valence-electron chi connectivity index (χ2n) is 5.74. The second-order valence-corrected chi connectivity index (χ2v) is 6.88. The number of nitrogens with zero attached hydrogens (tertiary/aromatic N) is 1. The monoisotopic (exact) mass is 293 g/mol. The van der Waals surface area contributed by atoms with Gasteiger partial charge in [0.25, 0.3) is 5.91 Å². The molecule has 0 radical (unpaired) electrons. The summed E-state index contributed by atoms with van der Waals surface area (Å²) in [6, 6.07) is 1.80. The maximum atomic E-state index is 12.6. The number of likely N-dealkylation sites (tertiary alicyclic amines) is 1. The van der Waals surface area contributed by atoms with Crippen molar-refractivity contribution in [1.82, 2.24) is 4.90 Å². The number of rotatable bonds is 2. The van der Waals surface area contributed by atoms with Crippen LogP contribution in [0.1, 0.15) is 46.3 Å². The van der Waals surface area contributed by atoms with Gasteiger partial charge in [-0.2, -0.15) is 0 Å². The summed E-state index contributed by atoms with van der Waals surface area (Å²) < 4.78 is 0. The number of thiophene rings is 1. The van der Waals surface area contributed by atoms with Gasteiger partial charge in [-0.1, -0.05) is 0 Å². The maximum absolute atomic E-state index is 12.6. The number of amides is 1. The van der Waals surface area contributed by atoms with Gasteiger partial charge in [0.05, 0.1) is 10.8 Å². The van der Waals surface area contributed by atoms with E-state index in [-0.39, 0.29) is 11.9 Å². The van der Waals surface area contributed by atoms with E-state index in [4.69, 9.17) is 0 Å². The molecule has 1 aromatic rings. The molecule has 0 unspecified atom stereocenters. The largest absolute Gasteiger partial charge is 0.481 e. The van der Waals surface area contributed by atoms with Crippen LogP contribution in [-0.4, -0.2) is 34.5 Å². The maximum Gasteiger partial charge on any atom is 0.308 e. The molecule has 0 spiro atoms. The van der Waals surface area contributed by atoms with Gasteiger partial charge in [-0.25, -0.2) is 0 Å². The van der Waals surface area contributed by atoms with E-state index in [2.05, 4.69) is 0 Å². The van der Waals surface area contributed by atoms with Gasteiger partial charge in [0, 0.05) is 17.5 Å². The van der Waals surface area contributed by atoms with Crippen LogP contribution < -0.4 is 0 Å². The van der Waals surface area contributed by atoms with Crippen LogP contribution in [0.15, 0.2) is 6.07 Å². The van der Waals surface area contributed by atoms with Crippen molar-refractivity contribution in [3.63, 3.8) is 0 Å². The van der Waals surface area contributed by atoms with Crippen LogP contribution in [0.5, 0.6) is 0 Å². The average molecular weight is 293 g/mol. The quantitative estimate of drug-likeness (QED) is 0.911. The number of carbonyl (C=O) groups excluding carboxylic acids is 1. The van der Waals surface area contributed by atoms with Gasteiger partial charge in [0.1, 0.15) is 0 Å². The molecule has 1 N–H and O–H groups in total. The number of piperidine rings is 1. The topological polar surface area (TPSA) is 57.6 Å². The van der Waals surface area contributed by atoms with E-state index >= 15 is 0 Å². The first kappa shape index (κ1) is 13.6. The number of hydrogen-bond donors (Lipinski definition) is 1. The molecule has 0 saturated carbocycles. The van der Waals surface area contributed by atoms with E-state index in [1.165, 1.54) is 16.9 Å². The van der Waals surface area contributed by atoms with Gasteiger partial charge in [0.2, 0.25) is 0 Å². The molecule has 1 aromatic heterocycles. The number of carboxylic acids is 1. The predicted molar refractivity (Wildman–Crippen MR) is 77.2 cm³/mol. The van der Waals surface area contributed by atoms with Crippen molar-refractivity contribution in [2.45, 2.75) is 45.1 Å². The fourth-order valence-corrected chi connectivity index (χ4v) is 4.55. The van der Waals surface area contributed by atoms with Crippen molar-refractivity contribution in [2.75, 3.05) is 6.54 Å². The highest BCUT2D eigenvalue weighted by Crippen LogP contribution is 2.33. The van der Waals surface area contributed by atoms with Crippen LogP contribution in [0.25, 0.3) is 0 Å². The second kappa shape index (κ2) is 5.20. The average Bonchev–Trinajstić information content (AvgIpc) is 2.98. The Kier molecular flexibility index (Phi) is 3.54. The lowest BCUT2D eigenvalue weighted by molar-refractivity contribution is -0.144. The minimum absolute atomic E-state index is 0.0165. The summed E-state index contributed by atoms with van der Waals surface area (Å²) in [5.74, 6) is -1.20. The SMILES string of the molecule is C[C@@H]1[C@H](C(=O)O)CCCN1C(=O)c1cc2c(s1)CCC2. The molecule has 0 bridgehead atoms. The molecule has 2 aliphatic rings. The van der Waals surface area contributed by atoms with E-state index in [9.17, 15) is 14.7 Å². The summed E-state index contributed by atoms with van der Waals surface area (Å²) in [4.78, 5) is 27.8. The fraction of sp³-hybridized carbons (Fsp3) is 0.600. The van der Waals surface area contributed by atoms with E-state index in [1.807, 2.05) is 13.0 Å². The molecule has 0 aromatic carbocycles. The van der Waals surface area contributed by atoms with Crippen molar-refractivity contribution >= 4 is 23.2 Å². The molecule has 20 heavy (non-hydrogen) atoms. The Bertz CT molecular complexity index is 530. The summed E-state index contributed by atoms with van der Waals surface area (Å²) in [6.07, 6.45) is 4.79. The Hall–Kier alpha value is -1.36. The van der Waals surface area contributed by atoms with Crippen LogP contribution in [0.3, 0.4) is 0 Å². The lowest BCUT2D eigenvalue weighted by atomic mass is 9.90. The Morgan fingerprint density at radius 1 is 1.35 bits per heavy atom. The third-order valence-electron chi connectivity index (χ3n) is 4.52. The minimum atomic E-state index is -0.788. The number of fused-ring (bicyclic) bond motifs is 1. The smallest absolute Gasteiger partial charge is 0.308 e. The minimum Gasteiger partial charge on any atom is -0.481 e. The third kappa shape index (κ3) is 2.24.